The Kier molecular flexibility index (Phi) is 4.58. The normalized spacial score (nSPS) is 34.4. The molecule has 0 radical (unpaired) electrons. The Labute approximate surface area is 139 Å². The number of hydrogen-bond acceptors (Lipinski definition) is 3. The molecule has 0 N–H and O–H groups in total. The largest absolute Gasteiger partial charge is 0.451 e. The van der Waals surface area contributed by atoms with Crippen LogP contribution in [0.2, 0.25) is 0 Å². The molecule has 0 amide bonds. The Morgan fingerprint density at radius 1 is 1.30 bits per heavy atom. The maximum atomic E-state index is 12.7. The Morgan fingerprint density at radius 3 is 2.70 bits per heavy atom. The quantitative estimate of drug-likeness (QED) is 0.623. The van der Waals surface area contributed by atoms with Crippen molar-refractivity contribution in [1.82, 2.24) is 4.90 Å². The zero-order valence-corrected chi connectivity index (χ0v) is 14.2. The average Bonchev–Trinajstić information content (AvgIpc) is 2.60. The van der Waals surface area contributed by atoms with Crippen molar-refractivity contribution in [2.24, 2.45) is 5.92 Å². The van der Waals surface area contributed by atoms with Crippen LogP contribution in [0.25, 0.3) is 0 Å². The van der Waals surface area contributed by atoms with Gasteiger partial charge < -0.3 is 9.64 Å². The summed E-state index contributed by atoms with van der Waals surface area (Å²) in [5, 5.41) is 0. The van der Waals surface area contributed by atoms with Crippen molar-refractivity contribution in [3.8, 4) is 0 Å². The lowest BCUT2D eigenvalue weighted by Crippen LogP contribution is -2.61. The minimum Gasteiger partial charge on any atom is -0.451 e. The second-order valence-corrected chi connectivity index (χ2v) is 7.09. The minimum atomic E-state index is -0.538. The smallest absolute Gasteiger partial charge is 0.339 e. The summed E-state index contributed by atoms with van der Waals surface area (Å²) in [5.74, 6) is 0.120. The van der Waals surface area contributed by atoms with E-state index >= 15 is 0 Å². The fraction of sp³-hybridized carbons (Fsp3) is 0.550. The third kappa shape index (κ3) is 2.94. The molecule has 1 saturated heterocycles. The van der Waals surface area contributed by atoms with Crippen molar-refractivity contribution in [3.05, 3.63) is 48.6 Å². The molecule has 2 aliphatic rings. The average molecular weight is 313 g/mol. The number of piperidine rings is 1. The molecule has 1 heterocycles. The maximum Gasteiger partial charge on any atom is 0.339 e. The number of carbonyl (C=O) groups excluding carboxylic acids is 1. The summed E-state index contributed by atoms with van der Waals surface area (Å²) in [4.78, 5) is 15.1. The van der Waals surface area contributed by atoms with E-state index in [2.05, 4.69) is 25.5 Å². The van der Waals surface area contributed by atoms with E-state index in [1.807, 2.05) is 36.4 Å². The van der Waals surface area contributed by atoms with Gasteiger partial charge in [0.25, 0.3) is 0 Å². The highest BCUT2D eigenvalue weighted by Gasteiger charge is 2.51. The molecule has 2 fully saturated rings. The molecule has 0 unspecified atom stereocenters. The van der Waals surface area contributed by atoms with Gasteiger partial charge in [-0.25, -0.2) is 4.79 Å². The van der Waals surface area contributed by atoms with Gasteiger partial charge in [-0.1, -0.05) is 37.6 Å². The molecule has 3 heteroatoms. The Hall–Kier alpha value is -1.61. The lowest BCUT2D eigenvalue weighted by Gasteiger charge is -2.54. The number of ether oxygens (including phenoxy) is 1. The van der Waals surface area contributed by atoms with Gasteiger partial charge in [0.2, 0.25) is 0 Å². The van der Waals surface area contributed by atoms with Gasteiger partial charge in [0.1, 0.15) is 5.60 Å². The van der Waals surface area contributed by atoms with Crippen LogP contribution in [0.15, 0.2) is 43.0 Å². The van der Waals surface area contributed by atoms with E-state index in [0.29, 0.717) is 23.6 Å². The summed E-state index contributed by atoms with van der Waals surface area (Å²) >= 11 is 0. The molecule has 0 spiro atoms. The number of carbonyl (C=O) groups is 1. The van der Waals surface area contributed by atoms with E-state index in [9.17, 15) is 4.79 Å². The fourth-order valence-electron chi connectivity index (χ4n) is 4.45. The van der Waals surface area contributed by atoms with Crippen LogP contribution in [0.3, 0.4) is 0 Å². The summed E-state index contributed by atoms with van der Waals surface area (Å²) in [6, 6.07) is 10.2. The maximum absolute atomic E-state index is 12.7. The number of nitrogens with zero attached hydrogens (tertiary/aromatic N) is 1. The molecule has 23 heavy (non-hydrogen) atoms. The van der Waals surface area contributed by atoms with Gasteiger partial charge in [-0.15, -0.1) is 0 Å². The molecule has 0 bridgehead atoms. The molecule has 0 aromatic heterocycles. The summed E-state index contributed by atoms with van der Waals surface area (Å²) in [6.45, 7) is 6.28. The van der Waals surface area contributed by atoms with E-state index < -0.39 is 5.60 Å². The zero-order valence-electron chi connectivity index (χ0n) is 14.2. The number of fused-ring (bicyclic) bond motifs is 1. The molecule has 1 aliphatic heterocycles. The first-order valence-electron chi connectivity index (χ1n) is 8.71. The van der Waals surface area contributed by atoms with Gasteiger partial charge in [-0.3, -0.25) is 0 Å². The molecule has 4 atom stereocenters. The van der Waals surface area contributed by atoms with Crippen molar-refractivity contribution in [2.45, 2.75) is 56.7 Å². The van der Waals surface area contributed by atoms with Crippen LogP contribution in [-0.2, 0) is 4.74 Å². The summed E-state index contributed by atoms with van der Waals surface area (Å²) in [7, 11) is 2.21. The van der Waals surface area contributed by atoms with Crippen molar-refractivity contribution < 1.29 is 9.53 Å². The number of esters is 1. The molecule has 1 aromatic carbocycles. The molecule has 1 aromatic rings. The first kappa shape index (κ1) is 16.3. The predicted octanol–water partition coefficient (Wildman–Crippen LogP) is 4.05. The second-order valence-electron chi connectivity index (χ2n) is 7.09. The van der Waals surface area contributed by atoms with Gasteiger partial charge in [0.05, 0.1) is 5.56 Å². The van der Waals surface area contributed by atoms with Gasteiger partial charge in [0.15, 0.2) is 0 Å². The van der Waals surface area contributed by atoms with E-state index in [1.54, 1.807) is 0 Å². The molecule has 3 nitrogen and oxygen atoms in total. The number of hydrogen-bond donors (Lipinski definition) is 0. The van der Waals surface area contributed by atoms with Crippen LogP contribution in [0.5, 0.6) is 0 Å². The van der Waals surface area contributed by atoms with E-state index in [-0.39, 0.29) is 5.97 Å². The summed E-state index contributed by atoms with van der Waals surface area (Å²) in [6.07, 6.45) is 7.49. The summed E-state index contributed by atoms with van der Waals surface area (Å²) in [5.41, 5.74) is 0.0804. The van der Waals surface area contributed by atoms with Crippen molar-refractivity contribution in [3.63, 3.8) is 0 Å². The highest BCUT2D eigenvalue weighted by molar-refractivity contribution is 5.89. The second kappa shape index (κ2) is 6.48. The van der Waals surface area contributed by atoms with Crippen molar-refractivity contribution in [1.29, 1.82) is 0 Å². The number of rotatable bonds is 3. The number of benzene rings is 1. The van der Waals surface area contributed by atoms with Crippen LogP contribution in [0, 0.1) is 5.92 Å². The molecular weight excluding hydrogens is 286 g/mol. The third-order valence-corrected chi connectivity index (χ3v) is 5.83. The Bertz CT molecular complexity index is 570. The van der Waals surface area contributed by atoms with Gasteiger partial charge in [-0.05, 0) is 45.0 Å². The first-order chi connectivity index (χ1) is 11.1. The fourth-order valence-corrected chi connectivity index (χ4v) is 4.45. The highest BCUT2D eigenvalue weighted by Crippen LogP contribution is 2.46. The Balaban J connectivity index is 1.89. The lowest BCUT2D eigenvalue weighted by atomic mass is 9.67. The molecule has 1 aliphatic carbocycles. The van der Waals surface area contributed by atoms with Crippen molar-refractivity contribution >= 4 is 5.97 Å². The van der Waals surface area contributed by atoms with E-state index in [1.165, 1.54) is 19.3 Å². The topological polar surface area (TPSA) is 29.5 Å². The van der Waals surface area contributed by atoms with Gasteiger partial charge >= 0.3 is 5.97 Å². The molecule has 3 rings (SSSR count). The van der Waals surface area contributed by atoms with E-state index in [4.69, 9.17) is 4.74 Å². The SMILES string of the molecule is C=C[C@@]1(OC(=O)c2ccccc2)C[C@@H](C)N(C)[C@H]2CCCC[C@@H]21. The Morgan fingerprint density at radius 2 is 2.00 bits per heavy atom. The monoisotopic (exact) mass is 313 g/mol. The van der Waals surface area contributed by atoms with Crippen LogP contribution in [0.4, 0.5) is 0 Å². The first-order valence-corrected chi connectivity index (χ1v) is 8.71. The van der Waals surface area contributed by atoms with Gasteiger partial charge in [-0.2, -0.15) is 0 Å². The van der Waals surface area contributed by atoms with Crippen LogP contribution in [0.1, 0.15) is 49.4 Å². The number of likely N-dealkylation sites (tertiary alicyclic amines) is 1. The standard InChI is InChI=1S/C20H27NO2/c1-4-20(23-19(22)16-10-6-5-7-11-16)14-15(2)21(3)18-13-9-8-12-17(18)20/h4-7,10-11,15,17-18H,1,8-9,12-14H2,2-3H3/t15-,17+,18+,20-/m1/s1. The van der Waals surface area contributed by atoms with Crippen LogP contribution < -0.4 is 0 Å². The van der Waals surface area contributed by atoms with Crippen molar-refractivity contribution in [2.75, 3.05) is 7.05 Å². The molecule has 124 valence electrons. The minimum absolute atomic E-state index is 0.230. The van der Waals surface area contributed by atoms with Crippen LogP contribution in [-0.4, -0.2) is 35.6 Å². The van der Waals surface area contributed by atoms with Gasteiger partial charge in [0, 0.05) is 24.4 Å². The zero-order chi connectivity index (χ0) is 16.4. The van der Waals surface area contributed by atoms with E-state index in [0.717, 1.165) is 12.8 Å². The lowest BCUT2D eigenvalue weighted by molar-refractivity contribution is -0.107. The molecular formula is C20H27NO2. The predicted molar refractivity (Wildman–Crippen MR) is 92.4 cm³/mol. The van der Waals surface area contributed by atoms with Crippen LogP contribution >= 0.6 is 0 Å². The summed E-state index contributed by atoms with van der Waals surface area (Å²) < 4.78 is 6.12. The molecule has 1 saturated carbocycles. The third-order valence-electron chi connectivity index (χ3n) is 5.83. The highest BCUT2D eigenvalue weighted by atomic mass is 16.6.